The highest BCUT2D eigenvalue weighted by molar-refractivity contribution is 6.42. The highest BCUT2D eigenvalue weighted by Gasteiger charge is 2.18. The molecule has 0 aliphatic carbocycles. The predicted octanol–water partition coefficient (Wildman–Crippen LogP) is 4.92. The van der Waals surface area contributed by atoms with E-state index in [1.54, 1.807) is 6.07 Å². The third-order valence-electron chi connectivity index (χ3n) is 2.78. The molecule has 0 saturated heterocycles. The summed E-state index contributed by atoms with van der Waals surface area (Å²) in [5.41, 5.74) is 0.0291. The van der Waals surface area contributed by atoms with Crippen LogP contribution >= 0.6 is 23.2 Å². The average Bonchev–Trinajstić information content (AvgIpc) is 2.45. The van der Waals surface area contributed by atoms with Crippen molar-refractivity contribution >= 4 is 29.0 Å². The van der Waals surface area contributed by atoms with E-state index >= 15 is 0 Å². The Morgan fingerprint density at radius 1 is 1.05 bits per heavy atom. The van der Waals surface area contributed by atoms with Gasteiger partial charge in [0.15, 0.2) is 17.7 Å². The SMILES string of the molecule is CC(Oc1ccc(Cl)c(Cl)c1)C(=O)c1ccc(F)c(F)c1. The van der Waals surface area contributed by atoms with Crippen molar-refractivity contribution in [2.24, 2.45) is 0 Å². The van der Waals surface area contributed by atoms with Crippen LogP contribution in [0.3, 0.4) is 0 Å². The molecule has 0 aromatic heterocycles. The van der Waals surface area contributed by atoms with E-state index in [2.05, 4.69) is 0 Å². The maximum Gasteiger partial charge on any atom is 0.203 e. The van der Waals surface area contributed by atoms with Gasteiger partial charge in [-0.1, -0.05) is 23.2 Å². The molecule has 1 atom stereocenters. The van der Waals surface area contributed by atoms with Crippen LogP contribution in [0, 0.1) is 11.6 Å². The van der Waals surface area contributed by atoms with Crippen molar-refractivity contribution in [3.63, 3.8) is 0 Å². The number of hydrogen-bond acceptors (Lipinski definition) is 2. The molecule has 0 saturated carbocycles. The zero-order valence-electron chi connectivity index (χ0n) is 10.9. The zero-order chi connectivity index (χ0) is 15.6. The largest absolute Gasteiger partial charge is 0.483 e. The summed E-state index contributed by atoms with van der Waals surface area (Å²) in [4.78, 5) is 12.1. The first-order valence-electron chi connectivity index (χ1n) is 5.99. The van der Waals surface area contributed by atoms with E-state index in [9.17, 15) is 13.6 Å². The molecule has 0 radical (unpaired) electrons. The molecule has 0 amide bonds. The quantitative estimate of drug-likeness (QED) is 0.743. The van der Waals surface area contributed by atoms with Gasteiger partial charge in [0.2, 0.25) is 5.78 Å². The first-order valence-corrected chi connectivity index (χ1v) is 6.75. The van der Waals surface area contributed by atoms with E-state index in [4.69, 9.17) is 27.9 Å². The van der Waals surface area contributed by atoms with Crippen LogP contribution in [0.5, 0.6) is 5.75 Å². The zero-order valence-corrected chi connectivity index (χ0v) is 12.4. The Labute approximate surface area is 130 Å². The van der Waals surface area contributed by atoms with Gasteiger partial charge in [0.1, 0.15) is 5.75 Å². The maximum absolute atomic E-state index is 13.1. The molecule has 2 nitrogen and oxygen atoms in total. The van der Waals surface area contributed by atoms with Crippen LogP contribution in [-0.4, -0.2) is 11.9 Å². The first-order chi connectivity index (χ1) is 9.88. The van der Waals surface area contributed by atoms with Gasteiger partial charge in [-0.25, -0.2) is 8.78 Å². The molecule has 0 aliphatic rings. The van der Waals surface area contributed by atoms with Crippen LogP contribution in [0.25, 0.3) is 0 Å². The number of hydrogen-bond donors (Lipinski definition) is 0. The second-order valence-electron chi connectivity index (χ2n) is 4.33. The third-order valence-corrected chi connectivity index (χ3v) is 3.52. The lowest BCUT2D eigenvalue weighted by Crippen LogP contribution is -2.24. The summed E-state index contributed by atoms with van der Waals surface area (Å²) in [5.74, 6) is -2.21. The van der Waals surface area contributed by atoms with Crippen molar-refractivity contribution in [1.29, 1.82) is 0 Å². The van der Waals surface area contributed by atoms with Gasteiger partial charge in [0.25, 0.3) is 0 Å². The number of Topliss-reactive ketones (excluding diaryl/α,β-unsaturated/α-hetero) is 1. The van der Waals surface area contributed by atoms with Gasteiger partial charge in [-0.15, -0.1) is 0 Å². The summed E-state index contributed by atoms with van der Waals surface area (Å²) in [6, 6.07) is 7.51. The van der Waals surface area contributed by atoms with Crippen LogP contribution in [0.4, 0.5) is 8.78 Å². The number of ether oxygens (including phenoxy) is 1. The van der Waals surface area contributed by atoms with Crippen molar-refractivity contribution in [1.82, 2.24) is 0 Å². The summed E-state index contributed by atoms with van der Waals surface area (Å²) in [6.45, 7) is 1.51. The maximum atomic E-state index is 13.1. The van der Waals surface area contributed by atoms with Crippen molar-refractivity contribution in [2.45, 2.75) is 13.0 Å². The Morgan fingerprint density at radius 3 is 2.38 bits per heavy atom. The Hall–Kier alpha value is -1.65. The van der Waals surface area contributed by atoms with E-state index in [0.717, 1.165) is 12.1 Å². The van der Waals surface area contributed by atoms with Gasteiger partial charge in [-0.3, -0.25) is 4.79 Å². The molecule has 6 heteroatoms. The monoisotopic (exact) mass is 330 g/mol. The van der Waals surface area contributed by atoms with Crippen LogP contribution in [0.1, 0.15) is 17.3 Å². The Morgan fingerprint density at radius 2 is 1.76 bits per heavy atom. The first kappa shape index (κ1) is 15.7. The van der Waals surface area contributed by atoms with Crippen molar-refractivity contribution in [3.8, 4) is 5.75 Å². The standard InChI is InChI=1S/C15H10Cl2F2O2/c1-8(21-10-3-4-11(16)12(17)7-10)15(20)9-2-5-13(18)14(19)6-9/h2-8H,1H3. The van der Waals surface area contributed by atoms with Crippen LogP contribution < -0.4 is 4.74 Å². The van der Waals surface area contributed by atoms with E-state index in [-0.39, 0.29) is 5.56 Å². The number of benzene rings is 2. The molecule has 2 rings (SSSR count). The average molecular weight is 331 g/mol. The fraction of sp³-hybridized carbons (Fsp3) is 0.133. The third kappa shape index (κ3) is 3.71. The molecule has 1 unspecified atom stereocenters. The fourth-order valence-electron chi connectivity index (χ4n) is 1.69. The molecule has 0 N–H and O–H groups in total. The summed E-state index contributed by atoms with van der Waals surface area (Å²) >= 11 is 11.6. The molecule has 0 heterocycles. The molecule has 0 fully saturated rings. The van der Waals surface area contributed by atoms with E-state index in [1.165, 1.54) is 25.1 Å². The highest BCUT2D eigenvalue weighted by atomic mass is 35.5. The molecule has 2 aromatic rings. The van der Waals surface area contributed by atoms with Gasteiger partial charge in [0.05, 0.1) is 10.0 Å². The molecule has 2 aromatic carbocycles. The van der Waals surface area contributed by atoms with Gasteiger partial charge in [0, 0.05) is 11.6 Å². The van der Waals surface area contributed by atoms with E-state index in [1.807, 2.05) is 0 Å². The van der Waals surface area contributed by atoms with Crippen molar-refractivity contribution in [3.05, 3.63) is 63.6 Å². The number of ketones is 1. The Bertz CT molecular complexity index is 689. The summed E-state index contributed by atoms with van der Waals surface area (Å²) in [5, 5.41) is 0.658. The minimum Gasteiger partial charge on any atom is -0.483 e. The van der Waals surface area contributed by atoms with Crippen molar-refractivity contribution < 1.29 is 18.3 Å². The van der Waals surface area contributed by atoms with Crippen LogP contribution in [0.15, 0.2) is 36.4 Å². The molecular formula is C15H10Cl2F2O2. The number of halogens is 4. The number of carbonyl (C=O) groups excluding carboxylic acids is 1. The van der Waals surface area contributed by atoms with E-state index in [0.29, 0.717) is 15.8 Å². The highest BCUT2D eigenvalue weighted by Crippen LogP contribution is 2.27. The Kier molecular flexibility index (Phi) is 4.80. The smallest absolute Gasteiger partial charge is 0.203 e. The predicted molar refractivity (Wildman–Crippen MR) is 77.2 cm³/mol. The molecule has 0 bridgehead atoms. The normalized spacial score (nSPS) is 12.0. The number of rotatable bonds is 4. The van der Waals surface area contributed by atoms with Crippen LogP contribution in [-0.2, 0) is 0 Å². The molecule has 0 aliphatic heterocycles. The minimum absolute atomic E-state index is 0.0291. The lowest BCUT2D eigenvalue weighted by atomic mass is 10.1. The fourth-order valence-corrected chi connectivity index (χ4v) is 1.98. The molecule has 110 valence electrons. The topological polar surface area (TPSA) is 26.3 Å². The van der Waals surface area contributed by atoms with Gasteiger partial charge in [-0.2, -0.15) is 0 Å². The summed E-state index contributed by atoms with van der Waals surface area (Å²) in [6.07, 6.45) is -0.882. The van der Waals surface area contributed by atoms with Gasteiger partial charge < -0.3 is 4.74 Å². The summed E-state index contributed by atoms with van der Waals surface area (Å²) in [7, 11) is 0. The van der Waals surface area contributed by atoms with Gasteiger partial charge in [-0.05, 0) is 37.3 Å². The van der Waals surface area contributed by atoms with Gasteiger partial charge >= 0.3 is 0 Å². The minimum atomic E-state index is -1.08. The second-order valence-corrected chi connectivity index (χ2v) is 5.14. The number of carbonyl (C=O) groups is 1. The van der Waals surface area contributed by atoms with Crippen LogP contribution in [0.2, 0.25) is 10.0 Å². The second kappa shape index (κ2) is 6.41. The lowest BCUT2D eigenvalue weighted by molar-refractivity contribution is 0.0817. The lowest BCUT2D eigenvalue weighted by Gasteiger charge is -2.14. The summed E-state index contributed by atoms with van der Waals surface area (Å²) < 4.78 is 31.4. The molecule has 21 heavy (non-hydrogen) atoms. The Balaban J connectivity index is 2.15. The van der Waals surface area contributed by atoms with E-state index < -0.39 is 23.5 Å². The molecular weight excluding hydrogens is 321 g/mol. The molecule has 0 spiro atoms. The van der Waals surface area contributed by atoms with Crippen molar-refractivity contribution in [2.75, 3.05) is 0 Å².